The van der Waals surface area contributed by atoms with Crippen molar-refractivity contribution in [3.8, 4) is 0 Å². The van der Waals surface area contributed by atoms with Gasteiger partial charge in [0, 0.05) is 10.6 Å². The second kappa shape index (κ2) is 10.1. The van der Waals surface area contributed by atoms with Crippen LogP contribution in [-0.4, -0.2) is 51.1 Å². The molecule has 3 rings (SSSR count). The summed E-state index contributed by atoms with van der Waals surface area (Å²) in [6.07, 6.45) is 4.24. The fourth-order valence-electron chi connectivity index (χ4n) is 3.18. The molecule has 0 aromatic heterocycles. The molecule has 5 nitrogen and oxygen atoms in total. The molecular weight excluding hydrogens is 356 g/mol. The minimum absolute atomic E-state index is 0.0232. The summed E-state index contributed by atoms with van der Waals surface area (Å²) in [5.41, 5.74) is 4.90. The van der Waals surface area contributed by atoms with E-state index in [9.17, 15) is 4.79 Å². The van der Waals surface area contributed by atoms with Gasteiger partial charge in [0.15, 0.2) is 0 Å². The monoisotopic (exact) mass is 383 g/mol. The van der Waals surface area contributed by atoms with Crippen LogP contribution in [0, 0.1) is 0 Å². The molecule has 1 aliphatic heterocycles. The molecule has 1 heterocycles. The van der Waals surface area contributed by atoms with Crippen molar-refractivity contribution >= 4 is 29.6 Å². The van der Waals surface area contributed by atoms with Crippen molar-refractivity contribution < 1.29 is 9.69 Å². The third-order valence-electron chi connectivity index (χ3n) is 4.82. The molecule has 0 radical (unpaired) electrons. The number of amides is 1. The van der Waals surface area contributed by atoms with Crippen LogP contribution in [0.3, 0.4) is 0 Å². The molecule has 0 spiro atoms. The molecule has 1 aliphatic rings. The quantitative estimate of drug-likeness (QED) is 0.434. The van der Waals surface area contributed by atoms with E-state index >= 15 is 0 Å². The molecule has 0 saturated carbocycles. The number of anilines is 1. The van der Waals surface area contributed by atoms with Gasteiger partial charge in [0.1, 0.15) is 0 Å². The number of thioether (sulfide) groups is 1. The van der Waals surface area contributed by atoms with Crippen molar-refractivity contribution in [3.63, 3.8) is 0 Å². The van der Waals surface area contributed by atoms with Gasteiger partial charge in [0.25, 0.3) is 0 Å². The molecule has 2 aromatic rings. The Morgan fingerprint density at radius 3 is 2.52 bits per heavy atom. The molecule has 2 N–H and O–H groups in total. The summed E-state index contributed by atoms with van der Waals surface area (Å²) in [4.78, 5) is 17.1. The second-order valence-electron chi connectivity index (χ2n) is 6.64. The number of piperazine rings is 1. The average molecular weight is 384 g/mol. The molecular formula is C21H27N4OS+. The molecule has 0 unspecified atom stereocenters. The lowest BCUT2D eigenvalue weighted by Gasteiger charge is -2.33. The molecule has 1 saturated heterocycles. The molecule has 0 bridgehead atoms. The summed E-state index contributed by atoms with van der Waals surface area (Å²) in [5, 5.41) is 4.06. The first kappa shape index (κ1) is 19.5. The van der Waals surface area contributed by atoms with Crippen molar-refractivity contribution in [1.82, 2.24) is 5.43 Å². The van der Waals surface area contributed by atoms with E-state index in [4.69, 9.17) is 0 Å². The number of quaternary nitrogens is 1. The zero-order valence-electron chi connectivity index (χ0n) is 15.7. The lowest BCUT2D eigenvalue weighted by molar-refractivity contribution is -0.900. The van der Waals surface area contributed by atoms with Crippen molar-refractivity contribution in [2.24, 2.45) is 5.10 Å². The minimum Gasteiger partial charge on any atom is -0.360 e. The van der Waals surface area contributed by atoms with E-state index in [1.165, 1.54) is 15.5 Å². The first-order valence-electron chi connectivity index (χ1n) is 9.34. The summed E-state index contributed by atoms with van der Waals surface area (Å²) >= 11 is 1.71. The van der Waals surface area contributed by atoms with Crippen LogP contribution in [0.25, 0.3) is 0 Å². The number of carbonyl (C=O) groups excluding carboxylic acids is 1. The van der Waals surface area contributed by atoms with Crippen molar-refractivity contribution in [3.05, 3.63) is 60.2 Å². The number of nitrogens with one attached hydrogen (secondary N) is 2. The fourth-order valence-corrected chi connectivity index (χ4v) is 3.59. The number of nitrogens with zero attached hydrogens (tertiary/aromatic N) is 2. The standard InChI is InChI=1S/C21H26N4OS/c1-27-20-9-7-18(8-10-20)17-22-23-21(26)11-12-24-13-15-25(16-14-24)19-5-3-2-4-6-19/h2-10,17H,11-16H2,1H3,(H,23,26)/p+1/b22-17-. The van der Waals surface area contributed by atoms with Crippen LogP contribution in [0.15, 0.2) is 64.6 Å². The minimum atomic E-state index is -0.0232. The predicted octanol–water partition coefficient (Wildman–Crippen LogP) is 1.65. The Morgan fingerprint density at radius 2 is 1.85 bits per heavy atom. The number of hydrogen-bond acceptors (Lipinski definition) is 4. The highest BCUT2D eigenvalue weighted by Crippen LogP contribution is 2.14. The lowest BCUT2D eigenvalue weighted by Crippen LogP contribution is -3.15. The topological polar surface area (TPSA) is 49.1 Å². The van der Waals surface area contributed by atoms with E-state index in [1.54, 1.807) is 18.0 Å². The molecule has 6 heteroatoms. The highest BCUT2D eigenvalue weighted by atomic mass is 32.2. The van der Waals surface area contributed by atoms with Gasteiger partial charge >= 0.3 is 0 Å². The maximum atomic E-state index is 12.0. The molecule has 142 valence electrons. The summed E-state index contributed by atoms with van der Waals surface area (Å²) in [6.45, 7) is 5.04. The van der Waals surface area contributed by atoms with Gasteiger partial charge in [0.2, 0.25) is 5.91 Å². The van der Waals surface area contributed by atoms with Crippen molar-refractivity contribution in [1.29, 1.82) is 0 Å². The SMILES string of the molecule is CSc1ccc(/C=N\NC(=O)CC[NH+]2CCN(c3ccccc3)CC2)cc1. The van der Waals surface area contributed by atoms with Gasteiger partial charge in [-0.3, -0.25) is 4.79 Å². The number of hydrogen-bond donors (Lipinski definition) is 2. The maximum absolute atomic E-state index is 12.0. The third kappa shape index (κ3) is 6.12. The summed E-state index contributed by atoms with van der Waals surface area (Å²) < 4.78 is 0. The van der Waals surface area contributed by atoms with E-state index in [2.05, 4.69) is 39.7 Å². The number of para-hydroxylation sites is 1. The van der Waals surface area contributed by atoms with E-state index in [1.807, 2.05) is 36.6 Å². The highest BCUT2D eigenvalue weighted by molar-refractivity contribution is 7.98. The van der Waals surface area contributed by atoms with Crippen LogP contribution >= 0.6 is 11.8 Å². The van der Waals surface area contributed by atoms with Crippen LogP contribution in [0.1, 0.15) is 12.0 Å². The Balaban J connectivity index is 1.35. The molecule has 2 aromatic carbocycles. The number of benzene rings is 2. The number of hydrazone groups is 1. The molecule has 0 atom stereocenters. The zero-order valence-corrected chi connectivity index (χ0v) is 16.5. The first-order chi connectivity index (χ1) is 13.2. The Labute approximate surface area is 165 Å². The smallest absolute Gasteiger partial charge is 0.245 e. The van der Waals surface area contributed by atoms with Gasteiger partial charge in [-0.05, 0) is 36.1 Å². The third-order valence-corrected chi connectivity index (χ3v) is 5.56. The Bertz CT molecular complexity index is 741. The van der Waals surface area contributed by atoms with E-state index in [0.717, 1.165) is 38.3 Å². The number of rotatable bonds is 7. The predicted molar refractivity (Wildman–Crippen MR) is 113 cm³/mol. The van der Waals surface area contributed by atoms with Gasteiger partial charge in [0.05, 0.1) is 45.4 Å². The van der Waals surface area contributed by atoms with Gasteiger partial charge in [-0.1, -0.05) is 30.3 Å². The maximum Gasteiger partial charge on any atom is 0.245 e. The van der Waals surface area contributed by atoms with Gasteiger partial charge in [-0.2, -0.15) is 5.10 Å². The lowest BCUT2D eigenvalue weighted by atomic mass is 10.2. The Kier molecular flexibility index (Phi) is 7.30. The normalized spacial score (nSPS) is 15.2. The molecule has 1 fully saturated rings. The molecule has 0 aliphatic carbocycles. The highest BCUT2D eigenvalue weighted by Gasteiger charge is 2.20. The van der Waals surface area contributed by atoms with Crippen LogP contribution in [0.2, 0.25) is 0 Å². The van der Waals surface area contributed by atoms with Crippen LogP contribution in [0.5, 0.6) is 0 Å². The largest absolute Gasteiger partial charge is 0.360 e. The molecule has 1 amide bonds. The summed E-state index contributed by atoms with van der Waals surface area (Å²) in [7, 11) is 0. The molecule has 27 heavy (non-hydrogen) atoms. The van der Waals surface area contributed by atoms with Crippen LogP contribution < -0.4 is 15.2 Å². The van der Waals surface area contributed by atoms with Gasteiger partial charge in [-0.15, -0.1) is 11.8 Å². The van der Waals surface area contributed by atoms with E-state index in [-0.39, 0.29) is 5.91 Å². The van der Waals surface area contributed by atoms with Gasteiger partial charge < -0.3 is 9.80 Å². The van der Waals surface area contributed by atoms with Crippen LogP contribution in [0.4, 0.5) is 5.69 Å². The van der Waals surface area contributed by atoms with Crippen molar-refractivity contribution in [2.75, 3.05) is 43.9 Å². The summed E-state index contributed by atoms with van der Waals surface area (Å²) in [6, 6.07) is 18.6. The van der Waals surface area contributed by atoms with Gasteiger partial charge in [-0.25, -0.2) is 5.43 Å². The Morgan fingerprint density at radius 1 is 1.15 bits per heavy atom. The zero-order chi connectivity index (χ0) is 18.9. The van der Waals surface area contributed by atoms with E-state index < -0.39 is 0 Å². The summed E-state index contributed by atoms with van der Waals surface area (Å²) in [5.74, 6) is -0.0232. The van der Waals surface area contributed by atoms with E-state index in [0.29, 0.717) is 6.42 Å². The van der Waals surface area contributed by atoms with Crippen LogP contribution in [-0.2, 0) is 4.79 Å². The average Bonchev–Trinajstić information content (AvgIpc) is 2.74. The number of carbonyl (C=O) groups is 1. The fraction of sp³-hybridized carbons (Fsp3) is 0.333. The Hall–Kier alpha value is -2.31. The van der Waals surface area contributed by atoms with Crippen molar-refractivity contribution in [2.45, 2.75) is 11.3 Å². The first-order valence-corrected chi connectivity index (χ1v) is 10.6. The second-order valence-corrected chi connectivity index (χ2v) is 7.52.